The van der Waals surface area contributed by atoms with Crippen molar-refractivity contribution in [2.45, 2.75) is 39.2 Å². The number of aliphatic hydroxyl groups excluding tert-OH is 1. The molecule has 1 saturated heterocycles. The smallest absolute Gasteiger partial charge is 0.301 e. The van der Waals surface area contributed by atoms with Crippen molar-refractivity contribution >= 4 is 33.9 Å². The Morgan fingerprint density at radius 1 is 1.08 bits per heavy atom. The van der Waals surface area contributed by atoms with Gasteiger partial charge in [0.2, 0.25) is 0 Å². The predicted octanol–water partition coefficient (Wildman–Crippen LogP) is 5.75. The molecule has 1 unspecified atom stereocenters. The quantitative estimate of drug-likeness (QED) is 0.148. The van der Waals surface area contributed by atoms with Gasteiger partial charge in [-0.3, -0.25) is 14.5 Å². The number of methoxy groups -OCH3 is 1. The zero-order valence-corrected chi connectivity index (χ0v) is 21.9. The van der Waals surface area contributed by atoms with Gasteiger partial charge in [-0.05, 0) is 43.2 Å². The van der Waals surface area contributed by atoms with Crippen LogP contribution < -0.4 is 19.1 Å². The minimum absolute atomic E-state index is 0.0347. The Balaban J connectivity index is 1.82. The van der Waals surface area contributed by atoms with Gasteiger partial charge in [-0.15, -0.1) is 11.3 Å². The minimum Gasteiger partial charge on any atom is -0.507 e. The highest BCUT2D eigenvalue weighted by molar-refractivity contribution is 7.14. The fourth-order valence-corrected chi connectivity index (χ4v) is 4.91. The molecule has 1 aliphatic rings. The second kappa shape index (κ2) is 11.9. The molecule has 37 heavy (non-hydrogen) atoms. The second-order valence-corrected chi connectivity index (χ2v) is 9.28. The summed E-state index contributed by atoms with van der Waals surface area (Å²) >= 11 is 1.23. The van der Waals surface area contributed by atoms with Gasteiger partial charge in [-0.2, -0.15) is 0 Å². The van der Waals surface area contributed by atoms with Crippen LogP contribution in [0.5, 0.6) is 17.2 Å². The Labute approximate surface area is 220 Å². The highest BCUT2D eigenvalue weighted by atomic mass is 32.1. The first-order valence-corrected chi connectivity index (χ1v) is 13.1. The van der Waals surface area contributed by atoms with Gasteiger partial charge >= 0.3 is 5.91 Å². The first-order chi connectivity index (χ1) is 18.0. The Morgan fingerprint density at radius 3 is 2.62 bits per heavy atom. The van der Waals surface area contributed by atoms with Crippen LogP contribution in [0.25, 0.3) is 5.76 Å². The summed E-state index contributed by atoms with van der Waals surface area (Å²) < 4.78 is 17.0. The summed E-state index contributed by atoms with van der Waals surface area (Å²) in [5.41, 5.74) is 0.915. The lowest BCUT2D eigenvalue weighted by Gasteiger charge is -2.24. The number of ether oxygens (including phenoxy) is 3. The van der Waals surface area contributed by atoms with Crippen LogP contribution in [-0.4, -0.2) is 42.1 Å². The third-order valence-electron chi connectivity index (χ3n) is 6.00. The van der Waals surface area contributed by atoms with Crippen LogP contribution in [0.4, 0.5) is 5.13 Å². The van der Waals surface area contributed by atoms with E-state index in [0.717, 1.165) is 19.3 Å². The highest BCUT2D eigenvalue weighted by Gasteiger charge is 2.48. The van der Waals surface area contributed by atoms with Crippen molar-refractivity contribution in [3.05, 3.63) is 70.7 Å². The average Bonchev–Trinajstić information content (AvgIpc) is 3.53. The van der Waals surface area contributed by atoms with Gasteiger partial charge in [-0.1, -0.05) is 38.0 Å². The van der Waals surface area contributed by atoms with Crippen molar-refractivity contribution < 1.29 is 28.9 Å². The summed E-state index contributed by atoms with van der Waals surface area (Å²) in [7, 11) is 1.54. The fourth-order valence-electron chi connectivity index (χ4n) is 4.24. The summed E-state index contributed by atoms with van der Waals surface area (Å²) in [4.78, 5) is 32.2. The largest absolute Gasteiger partial charge is 0.507 e. The predicted molar refractivity (Wildman–Crippen MR) is 143 cm³/mol. The number of hydrogen-bond donors (Lipinski definition) is 1. The number of ketones is 1. The summed E-state index contributed by atoms with van der Waals surface area (Å²) in [6, 6.07) is 11.1. The number of anilines is 1. The average molecular weight is 523 g/mol. The molecule has 0 aliphatic carbocycles. The third kappa shape index (κ3) is 5.46. The Morgan fingerprint density at radius 2 is 1.92 bits per heavy atom. The van der Waals surface area contributed by atoms with E-state index in [1.165, 1.54) is 23.3 Å². The van der Waals surface area contributed by atoms with Crippen LogP contribution in [0.3, 0.4) is 0 Å². The van der Waals surface area contributed by atoms with Crippen LogP contribution in [0.2, 0.25) is 0 Å². The first-order valence-electron chi connectivity index (χ1n) is 12.2. The number of aromatic nitrogens is 1. The Hall–Kier alpha value is -3.85. The highest BCUT2D eigenvalue weighted by Crippen LogP contribution is 2.44. The van der Waals surface area contributed by atoms with Crippen LogP contribution in [0.15, 0.2) is 59.6 Å². The van der Waals surface area contributed by atoms with Gasteiger partial charge in [-0.25, -0.2) is 4.98 Å². The number of aliphatic hydroxyl groups is 1. The van der Waals surface area contributed by atoms with Gasteiger partial charge in [0.05, 0.1) is 31.9 Å². The maximum absolute atomic E-state index is 13.3. The van der Waals surface area contributed by atoms with Crippen LogP contribution in [-0.2, 0) is 9.59 Å². The van der Waals surface area contributed by atoms with Crippen molar-refractivity contribution in [2.75, 3.05) is 25.2 Å². The van der Waals surface area contributed by atoms with Crippen LogP contribution in [0, 0.1) is 0 Å². The number of carbonyl (C=O) groups excluding carboxylic acids is 2. The zero-order valence-electron chi connectivity index (χ0n) is 21.1. The molecule has 8 nitrogen and oxygen atoms in total. The van der Waals surface area contributed by atoms with Crippen LogP contribution in [0.1, 0.15) is 50.3 Å². The topological polar surface area (TPSA) is 98.2 Å². The SMILES string of the molecule is CCCCCOc1ccc(C2C(=C(O)c3cccc(OCC)c3)C(=O)C(=O)N2c2nccs2)cc1OC. The van der Waals surface area contributed by atoms with Crippen molar-refractivity contribution in [3.8, 4) is 17.2 Å². The molecule has 0 spiro atoms. The summed E-state index contributed by atoms with van der Waals surface area (Å²) in [6.45, 7) is 4.99. The van der Waals surface area contributed by atoms with E-state index in [9.17, 15) is 14.7 Å². The lowest BCUT2D eigenvalue weighted by molar-refractivity contribution is -0.132. The molecule has 9 heteroatoms. The molecule has 0 saturated carbocycles. The number of carbonyl (C=O) groups is 2. The van der Waals surface area contributed by atoms with Gasteiger partial charge in [0.25, 0.3) is 5.78 Å². The van der Waals surface area contributed by atoms with Crippen molar-refractivity contribution in [1.29, 1.82) is 0 Å². The molecule has 0 radical (unpaired) electrons. The monoisotopic (exact) mass is 522 g/mol. The minimum atomic E-state index is -0.912. The number of hydrogen-bond acceptors (Lipinski definition) is 8. The van der Waals surface area contributed by atoms with E-state index < -0.39 is 17.7 Å². The molecule has 2 aromatic carbocycles. The molecule has 194 valence electrons. The normalized spacial score (nSPS) is 16.7. The van der Waals surface area contributed by atoms with Gasteiger partial charge < -0.3 is 19.3 Å². The fraction of sp³-hybridized carbons (Fsp3) is 0.321. The van der Waals surface area contributed by atoms with E-state index in [-0.39, 0.29) is 11.3 Å². The Bertz CT molecular complexity index is 1290. The lowest BCUT2D eigenvalue weighted by atomic mass is 9.95. The summed E-state index contributed by atoms with van der Waals surface area (Å²) in [5, 5.41) is 13.4. The molecule has 1 amide bonds. The number of thiazole rings is 1. The van der Waals surface area contributed by atoms with Gasteiger partial charge in [0.1, 0.15) is 11.5 Å². The molecule has 2 heterocycles. The molecular weight excluding hydrogens is 492 g/mol. The van der Waals surface area contributed by atoms with Crippen molar-refractivity contribution in [3.63, 3.8) is 0 Å². The molecule has 0 bridgehead atoms. The molecule has 1 N–H and O–H groups in total. The van der Waals surface area contributed by atoms with E-state index in [1.54, 1.807) is 54.0 Å². The zero-order chi connectivity index (χ0) is 26.4. The van der Waals surface area contributed by atoms with E-state index in [4.69, 9.17) is 14.2 Å². The van der Waals surface area contributed by atoms with E-state index in [0.29, 0.717) is 46.7 Å². The number of nitrogens with zero attached hydrogens (tertiary/aromatic N) is 2. The third-order valence-corrected chi connectivity index (χ3v) is 6.77. The van der Waals surface area contributed by atoms with E-state index in [2.05, 4.69) is 11.9 Å². The molecule has 3 aromatic rings. The molecule has 1 atom stereocenters. The molecular formula is C28H30N2O6S. The first kappa shape index (κ1) is 26.2. The van der Waals surface area contributed by atoms with Crippen molar-refractivity contribution in [1.82, 2.24) is 4.98 Å². The molecule has 1 aliphatic heterocycles. The maximum Gasteiger partial charge on any atom is 0.301 e. The Kier molecular flexibility index (Phi) is 8.45. The number of amides is 1. The summed E-state index contributed by atoms with van der Waals surface area (Å²) in [5.74, 6) is -0.263. The molecule has 4 rings (SSSR count). The maximum atomic E-state index is 13.3. The van der Waals surface area contributed by atoms with E-state index in [1.807, 2.05) is 6.92 Å². The van der Waals surface area contributed by atoms with Gasteiger partial charge in [0, 0.05) is 17.1 Å². The number of benzene rings is 2. The van der Waals surface area contributed by atoms with Crippen LogP contribution >= 0.6 is 11.3 Å². The molecule has 1 fully saturated rings. The second-order valence-electron chi connectivity index (χ2n) is 8.41. The lowest BCUT2D eigenvalue weighted by Crippen LogP contribution is -2.29. The molecule has 1 aromatic heterocycles. The van der Waals surface area contributed by atoms with E-state index >= 15 is 0 Å². The number of unbranched alkanes of at least 4 members (excludes halogenated alkanes) is 2. The number of Topliss-reactive ketones (excluding diaryl/α,β-unsaturated/α-hetero) is 1. The van der Waals surface area contributed by atoms with Gasteiger partial charge in [0.15, 0.2) is 16.6 Å². The van der Waals surface area contributed by atoms with Crippen molar-refractivity contribution in [2.24, 2.45) is 0 Å². The number of rotatable bonds is 11. The standard InChI is InChI=1S/C28H30N2O6S/c1-4-6-7-14-36-21-12-11-18(17-22(21)34-3)24-23(25(31)19-9-8-10-20(16-19)35-5-2)26(32)27(33)30(24)28-29-13-15-37-28/h8-13,15-17,24,31H,4-7,14H2,1-3H3. The summed E-state index contributed by atoms with van der Waals surface area (Å²) in [6.07, 6.45) is 4.64.